The van der Waals surface area contributed by atoms with Crippen LogP contribution in [0, 0.1) is 13.8 Å². The van der Waals surface area contributed by atoms with E-state index in [1.807, 2.05) is 31.4 Å². The van der Waals surface area contributed by atoms with E-state index in [-0.39, 0.29) is 10.9 Å². The molecule has 0 aliphatic carbocycles. The highest BCUT2D eigenvalue weighted by Gasteiger charge is 2.22. The molecule has 0 bridgehead atoms. The maximum Gasteiger partial charge on any atom is 0.241 e. The quantitative estimate of drug-likeness (QED) is 0.853. The molecule has 1 heterocycles. The minimum Gasteiger partial charge on any atom is -0.399 e. The van der Waals surface area contributed by atoms with Gasteiger partial charge >= 0.3 is 0 Å². The molecule has 0 spiro atoms. The summed E-state index contributed by atoms with van der Waals surface area (Å²) in [5.74, 6) is 0. The van der Waals surface area contributed by atoms with Crippen LogP contribution in [0.4, 0.5) is 5.69 Å². The van der Waals surface area contributed by atoms with Crippen molar-refractivity contribution in [1.82, 2.24) is 4.72 Å². The fourth-order valence-electron chi connectivity index (χ4n) is 2.02. The summed E-state index contributed by atoms with van der Waals surface area (Å²) in [6, 6.07) is 6.83. The van der Waals surface area contributed by atoms with E-state index in [4.69, 9.17) is 5.73 Å². The largest absolute Gasteiger partial charge is 0.399 e. The predicted octanol–water partition coefficient (Wildman–Crippen LogP) is 2.99. The van der Waals surface area contributed by atoms with Gasteiger partial charge in [-0.05, 0) is 55.5 Å². The molecule has 0 aliphatic heterocycles. The average Bonchev–Trinajstić information content (AvgIpc) is 2.86. The number of aryl methyl sites for hydroxylation is 1. The molecular weight excluding hydrogens is 292 g/mol. The summed E-state index contributed by atoms with van der Waals surface area (Å²) in [6.07, 6.45) is 0. The van der Waals surface area contributed by atoms with Crippen LogP contribution in [-0.2, 0) is 10.0 Å². The van der Waals surface area contributed by atoms with Gasteiger partial charge in [-0.15, -0.1) is 11.3 Å². The van der Waals surface area contributed by atoms with Gasteiger partial charge in [0.05, 0.1) is 10.9 Å². The molecule has 0 radical (unpaired) electrons. The lowest BCUT2D eigenvalue weighted by Crippen LogP contribution is -2.27. The third-order valence-electron chi connectivity index (χ3n) is 3.23. The number of nitrogen functional groups attached to an aromatic ring is 1. The number of hydrogen-bond donors (Lipinski definition) is 2. The van der Waals surface area contributed by atoms with Crippen LogP contribution in [-0.4, -0.2) is 8.42 Å². The fraction of sp³-hybridized carbons (Fsp3) is 0.286. The van der Waals surface area contributed by atoms with Crippen LogP contribution >= 0.6 is 11.3 Å². The lowest BCUT2D eigenvalue weighted by Gasteiger charge is -2.16. The molecular formula is C14H18N2O2S2. The van der Waals surface area contributed by atoms with Gasteiger partial charge in [0.15, 0.2) is 0 Å². The minimum atomic E-state index is -3.58. The van der Waals surface area contributed by atoms with Crippen molar-refractivity contribution in [1.29, 1.82) is 0 Å². The van der Waals surface area contributed by atoms with E-state index in [1.165, 1.54) is 17.4 Å². The van der Waals surface area contributed by atoms with Gasteiger partial charge in [0.2, 0.25) is 10.0 Å². The van der Waals surface area contributed by atoms with Gasteiger partial charge in [-0.2, -0.15) is 0 Å². The third kappa shape index (κ3) is 3.03. The number of thiophene rings is 1. The number of rotatable bonds is 4. The monoisotopic (exact) mass is 310 g/mol. The van der Waals surface area contributed by atoms with Crippen molar-refractivity contribution in [2.45, 2.75) is 31.7 Å². The van der Waals surface area contributed by atoms with Gasteiger partial charge in [0.1, 0.15) is 0 Å². The summed E-state index contributed by atoms with van der Waals surface area (Å²) in [4.78, 5) is 1.23. The molecule has 3 N–H and O–H groups in total. The minimum absolute atomic E-state index is 0.249. The number of sulfonamides is 1. The van der Waals surface area contributed by atoms with Crippen LogP contribution in [0.25, 0.3) is 0 Å². The lowest BCUT2D eigenvalue weighted by atomic mass is 10.1. The van der Waals surface area contributed by atoms with Crippen molar-refractivity contribution in [2.24, 2.45) is 0 Å². The molecule has 108 valence electrons. The molecule has 6 heteroatoms. The van der Waals surface area contributed by atoms with Crippen LogP contribution in [0.3, 0.4) is 0 Å². The Morgan fingerprint density at radius 2 is 2.00 bits per heavy atom. The van der Waals surface area contributed by atoms with E-state index in [9.17, 15) is 8.42 Å². The molecule has 4 nitrogen and oxygen atoms in total. The van der Waals surface area contributed by atoms with E-state index < -0.39 is 10.0 Å². The Morgan fingerprint density at radius 1 is 1.30 bits per heavy atom. The summed E-state index contributed by atoms with van der Waals surface area (Å²) in [5, 5.41) is 1.93. The molecule has 1 aromatic heterocycles. The number of hydrogen-bond acceptors (Lipinski definition) is 4. The molecule has 2 aromatic rings. The molecule has 0 amide bonds. The first-order valence-corrected chi connectivity index (χ1v) is 8.60. The van der Waals surface area contributed by atoms with Crippen LogP contribution in [0.15, 0.2) is 34.5 Å². The second kappa shape index (κ2) is 5.55. The van der Waals surface area contributed by atoms with Crippen LogP contribution in [0.5, 0.6) is 0 Å². The Morgan fingerprint density at radius 3 is 2.60 bits per heavy atom. The van der Waals surface area contributed by atoms with Crippen molar-refractivity contribution >= 4 is 27.0 Å². The molecule has 1 aromatic carbocycles. The summed E-state index contributed by atoms with van der Waals surface area (Å²) >= 11 is 1.53. The first-order chi connectivity index (χ1) is 9.31. The van der Waals surface area contributed by atoms with Gasteiger partial charge in [-0.1, -0.05) is 6.07 Å². The summed E-state index contributed by atoms with van der Waals surface area (Å²) in [5.41, 5.74) is 7.81. The zero-order valence-electron chi connectivity index (χ0n) is 11.7. The Hall–Kier alpha value is -1.37. The van der Waals surface area contributed by atoms with Crippen LogP contribution in [0.1, 0.15) is 29.0 Å². The lowest BCUT2D eigenvalue weighted by molar-refractivity contribution is 0.568. The molecule has 0 fully saturated rings. The molecule has 0 aliphatic rings. The molecule has 1 atom stereocenters. The zero-order chi connectivity index (χ0) is 14.9. The highest BCUT2D eigenvalue weighted by atomic mass is 32.2. The topological polar surface area (TPSA) is 72.2 Å². The number of benzene rings is 1. The Labute approximate surface area is 123 Å². The molecule has 0 saturated heterocycles. The van der Waals surface area contributed by atoms with Gasteiger partial charge in [0.25, 0.3) is 0 Å². The summed E-state index contributed by atoms with van der Waals surface area (Å²) < 4.78 is 27.7. The first kappa shape index (κ1) is 15.0. The van der Waals surface area contributed by atoms with Crippen LogP contribution < -0.4 is 10.5 Å². The average molecular weight is 310 g/mol. The Balaban J connectivity index is 2.36. The van der Waals surface area contributed by atoms with Gasteiger partial charge in [-0.3, -0.25) is 0 Å². The van der Waals surface area contributed by atoms with Crippen molar-refractivity contribution in [3.8, 4) is 0 Å². The van der Waals surface area contributed by atoms with Crippen molar-refractivity contribution in [3.05, 3.63) is 45.6 Å². The van der Waals surface area contributed by atoms with Crippen molar-refractivity contribution in [3.63, 3.8) is 0 Å². The Kier molecular flexibility index (Phi) is 4.17. The maximum atomic E-state index is 12.5. The molecule has 20 heavy (non-hydrogen) atoms. The van der Waals surface area contributed by atoms with E-state index >= 15 is 0 Å². The predicted molar refractivity (Wildman–Crippen MR) is 83.4 cm³/mol. The maximum absolute atomic E-state index is 12.5. The number of nitrogens with two attached hydrogens (primary N) is 1. The smallest absolute Gasteiger partial charge is 0.241 e. The van der Waals surface area contributed by atoms with E-state index in [1.54, 1.807) is 13.0 Å². The highest BCUT2D eigenvalue weighted by Crippen LogP contribution is 2.25. The van der Waals surface area contributed by atoms with E-state index in [0.717, 1.165) is 16.0 Å². The van der Waals surface area contributed by atoms with Crippen molar-refractivity contribution < 1.29 is 8.42 Å². The Bertz CT molecular complexity index is 707. The van der Waals surface area contributed by atoms with Crippen LogP contribution in [0.2, 0.25) is 0 Å². The first-order valence-electron chi connectivity index (χ1n) is 6.23. The van der Waals surface area contributed by atoms with Gasteiger partial charge in [-0.25, -0.2) is 13.1 Å². The number of anilines is 1. The number of nitrogens with one attached hydrogen (secondary N) is 1. The third-order valence-corrected chi connectivity index (χ3v) is 5.96. The summed E-state index contributed by atoms with van der Waals surface area (Å²) in [6.45, 7) is 5.48. The van der Waals surface area contributed by atoms with Gasteiger partial charge in [0, 0.05) is 10.6 Å². The van der Waals surface area contributed by atoms with Gasteiger partial charge < -0.3 is 5.73 Å². The second-order valence-corrected chi connectivity index (χ2v) is 7.48. The second-order valence-electron chi connectivity index (χ2n) is 4.82. The highest BCUT2D eigenvalue weighted by molar-refractivity contribution is 7.89. The SMILES string of the molecule is Cc1cc(N)cc(S(=O)(=O)NC(C)c2cccs2)c1C. The van der Waals surface area contributed by atoms with Crippen molar-refractivity contribution in [2.75, 3.05) is 5.73 Å². The summed E-state index contributed by atoms with van der Waals surface area (Å²) in [7, 11) is -3.58. The zero-order valence-corrected chi connectivity index (χ0v) is 13.3. The fourth-order valence-corrected chi connectivity index (χ4v) is 4.41. The molecule has 2 rings (SSSR count). The molecule has 0 saturated carbocycles. The molecule has 1 unspecified atom stereocenters. The van der Waals surface area contributed by atoms with E-state index in [2.05, 4.69) is 4.72 Å². The van der Waals surface area contributed by atoms with E-state index in [0.29, 0.717) is 5.69 Å². The normalized spacial score (nSPS) is 13.3. The standard InChI is InChI=1S/C14H18N2O2S2/c1-9-7-12(15)8-14(10(9)2)20(17,18)16-11(3)13-5-4-6-19-13/h4-8,11,16H,15H2,1-3H3.